The van der Waals surface area contributed by atoms with Crippen molar-refractivity contribution in [2.75, 3.05) is 45.7 Å². The molecule has 2 amide bonds. The number of nitrogens with one attached hydrogen (secondary N) is 1. The summed E-state index contributed by atoms with van der Waals surface area (Å²) in [6.45, 7) is 2.36. The first-order chi connectivity index (χ1) is 15.7. The standard InChI is InChI=1S/C22H25N3O7S/c1-14-21(26)23-18-13-16(5-7-19(18)32-14)33(28,29)25-10-8-24(9-11-25)22(27)17-6-4-15(30-2)12-20(17)31-3/h4-7,12-14H,8-11H2,1-3H3,(H,23,26). The minimum Gasteiger partial charge on any atom is -0.497 e. The average Bonchev–Trinajstić information content (AvgIpc) is 2.83. The van der Waals surface area contributed by atoms with Gasteiger partial charge in [0.15, 0.2) is 6.10 Å². The molecular weight excluding hydrogens is 450 g/mol. The van der Waals surface area contributed by atoms with Crippen LogP contribution < -0.4 is 19.5 Å². The molecule has 33 heavy (non-hydrogen) atoms. The molecule has 1 N–H and O–H groups in total. The lowest BCUT2D eigenvalue weighted by atomic mass is 10.1. The van der Waals surface area contributed by atoms with Crippen molar-refractivity contribution in [2.45, 2.75) is 17.9 Å². The van der Waals surface area contributed by atoms with Crippen LogP contribution in [0.4, 0.5) is 5.69 Å². The molecule has 0 aliphatic carbocycles. The van der Waals surface area contributed by atoms with Gasteiger partial charge in [-0.05, 0) is 37.3 Å². The predicted molar refractivity (Wildman–Crippen MR) is 119 cm³/mol. The number of anilines is 1. The number of sulfonamides is 1. The fourth-order valence-corrected chi connectivity index (χ4v) is 5.22. The predicted octanol–water partition coefficient (Wildman–Crippen LogP) is 1.57. The highest BCUT2D eigenvalue weighted by Gasteiger charge is 2.33. The Labute approximate surface area is 192 Å². The number of carbonyl (C=O) groups is 2. The first-order valence-electron chi connectivity index (χ1n) is 10.4. The smallest absolute Gasteiger partial charge is 0.265 e. The Kier molecular flexibility index (Phi) is 6.17. The van der Waals surface area contributed by atoms with E-state index >= 15 is 0 Å². The van der Waals surface area contributed by atoms with Gasteiger partial charge in [0.25, 0.3) is 11.8 Å². The summed E-state index contributed by atoms with van der Waals surface area (Å²) in [5, 5.41) is 2.66. The van der Waals surface area contributed by atoms with Gasteiger partial charge < -0.3 is 24.4 Å². The summed E-state index contributed by atoms with van der Waals surface area (Å²) < 4.78 is 43.7. The van der Waals surface area contributed by atoms with Gasteiger partial charge in [-0.1, -0.05) is 0 Å². The molecule has 2 aromatic rings. The summed E-state index contributed by atoms with van der Waals surface area (Å²) in [6.07, 6.45) is -0.644. The third-order valence-electron chi connectivity index (χ3n) is 5.68. The summed E-state index contributed by atoms with van der Waals surface area (Å²) in [7, 11) is -0.812. The molecule has 0 bridgehead atoms. The van der Waals surface area contributed by atoms with Crippen molar-refractivity contribution in [3.8, 4) is 17.2 Å². The van der Waals surface area contributed by atoms with E-state index in [4.69, 9.17) is 14.2 Å². The van der Waals surface area contributed by atoms with Gasteiger partial charge in [-0.2, -0.15) is 4.31 Å². The van der Waals surface area contributed by atoms with Gasteiger partial charge in [-0.15, -0.1) is 0 Å². The molecule has 0 spiro atoms. The maximum atomic E-state index is 13.2. The Morgan fingerprint density at radius 1 is 1.06 bits per heavy atom. The highest BCUT2D eigenvalue weighted by molar-refractivity contribution is 7.89. The third kappa shape index (κ3) is 4.33. The van der Waals surface area contributed by atoms with E-state index in [1.54, 1.807) is 30.0 Å². The number of ether oxygens (including phenoxy) is 3. The summed E-state index contributed by atoms with van der Waals surface area (Å²) >= 11 is 0. The van der Waals surface area contributed by atoms with Crippen LogP contribution in [-0.4, -0.2) is 75.9 Å². The van der Waals surface area contributed by atoms with Crippen molar-refractivity contribution in [1.82, 2.24) is 9.21 Å². The molecule has 1 saturated heterocycles. The van der Waals surface area contributed by atoms with Gasteiger partial charge in [0, 0.05) is 32.2 Å². The fourth-order valence-electron chi connectivity index (χ4n) is 3.77. The topological polar surface area (TPSA) is 114 Å². The van der Waals surface area contributed by atoms with E-state index < -0.39 is 16.1 Å². The van der Waals surface area contributed by atoms with E-state index in [0.29, 0.717) is 28.5 Å². The van der Waals surface area contributed by atoms with Crippen molar-refractivity contribution >= 4 is 27.5 Å². The van der Waals surface area contributed by atoms with Crippen LogP contribution in [0.15, 0.2) is 41.3 Å². The molecule has 11 heteroatoms. The molecule has 2 aliphatic heterocycles. The summed E-state index contributed by atoms with van der Waals surface area (Å²) in [5.41, 5.74) is 0.703. The zero-order valence-electron chi connectivity index (χ0n) is 18.5. The lowest BCUT2D eigenvalue weighted by molar-refractivity contribution is -0.122. The number of nitrogens with zero attached hydrogens (tertiary/aromatic N) is 2. The summed E-state index contributed by atoms with van der Waals surface area (Å²) in [4.78, 5) is 26.5. The molecule has 0 radical (unpaired) electrons. The fraction of sp³-hybridized carbons (Fsp3) is 0.364. The minimum atomic E-state index is -3.81. The SMILES string of the molecule is COc1ccc(C(=O)N2CCN(S(=O)(=O)c3ccc4c(c3)NC(=O)C(C)O4)CC2)c(OC)c1. The quantitative estimate of drug-likeness (QED) is 0.698. The lowest BCUT2D eigenvalue weighted by Gasteiger charge is -2.34. The maximum Gasteiger partial charge on any atom is 0.265 e. The molecule has 4 rings (SSSR count). The Hall–Kier alpha value is -3.31. The number of rotatable bonds is 5. The van der Waals surface area contributed by atoms with E-state index in [1.807, 2.05) is 0 Å². The van der Waals surface area contributed by atoms with E-state index in [1.165, 1.54) is 36.7 Å². The highest BCUT2D eigenvalue weighted by atomic mass is 32.2. The van der Waals surface area contributed by atoms with Crippen LogP contribution in [0.3, 0.4) is 0 Å². The molecule has 2 aliphatic rings. The zero-order valence-corrected chi connectivity index (χ0v) is 19.3. The minimum absolute atomic E-state index is 0.0521. The molecule has 0 saturated carbocycles. The van der Waals surface area contributed by atoms with Crippen LogP contribution in [0.1, 0.15) is 17.3 Å². The molecule has 1 unspecified atom stereocenters. The van der Waals surface area contributed by atoms with Gasteiger partial charge in [0.1, 0.15) is 17.2 Å². The number of benzene rings is 2. The third-order valence-corrected chi connectivity index (χ3v) is 7.58. The summed E-state index contributed by atoms with van der Waals surface area (Å²) in [5.74, 6) is 0.805. The number of methoxy groups -OCH3 is 2. The average molecular weight is 476 g/mol. The second-order valence-electron chi connectivity index (χ2n) is 7.67. The number of piperazine rings is 1. The number of hydrogen-bond donors (Lipinski definition) is 1. The van der Waals surface area contributed by atoms with Gasteiger partial charge in [0.2, 0.25) is 10.0 Å². The molecule has 1 fully saturated rings. The second-order valence-corrected chi connectivity index (χ2v) is 9.61. The Morgan fingerprint density at radius 2 is 1.79 bits per heavy atom. The summed E-state index contributed by atoms with van der Waals surface area (Å²) in [6, 6.07) is 9.33. The number of carbonyl (C=O) groups excluding carboxylic acids is 2. The number of fused-ring (bicyclic) bond motifs is 1. The Balaban J connectivity index is 1.47. The molecular formula is C22H25N3O7S. The highest BCUT2D eigenvalue weighted by Crippen LogP contribution is 2.33. The van der Waals surface area contributed by atoms with Crippen molar-refractivity contribution in [3.63, 3.8) is 0 Å². The van der Waals surface area contributed by atoms with E-state index in [0.717, 1.165) is 0 Å². The molecule has 176 valence electrons. The van der Waals surface area contributed by atoms with Gasteiger partial charge in [-0.25, -0.2) is 8.42 Å². The van der Waals surface area contributed by atoms with E-state index in [-0.39, 0.29) is 42.9 Å². The van der Waals surface area contributed by atoms with Crippen LogP contribution in [0.2, 0.25) is 0 Å². The van der Waals surface area contributed by atoms with Gasteiger partial charge in [-0.3, -0.25) is 9.59 Å². The van der Waals surface area contributed by atoms with Crippen molar-refractivity contribution in [2.24, 2.45) is 0 Å². The Bertz CT molecular complexity index is 1190. The Morgan fingerprint density at radius 3 is 2.45 bits per heavy atom. The van der Waals surface area contributed by atoms with E-state index in [9.17, 15) is 18.0 Å². The monoisotopic (exact) mass is 475 g/mol. The largest absolute Gasteiger partial charge is 0.497 e. The van der Waals surface area contributed by atoms with Gasteiger partial charge in [0.05, 0.1) is 30.4 Å². The van der Waals surface area contributed by atoms with Crippen LogP contribution >= 0.6 is 0 Å². The van der Waals surface area contributed by atoms with E-state index in [2.05, 4.69) is 5.32 Å². The first kappa shape index (κ1) is 22.9. The second kappa shape index (κ2) is 8.91. The molecule has 2 aromatic carbocycles. The van der Waals surface area contributed by atoms with Gasteiger partial charge >= 0.3 is 0 Å². The zero-order chi connectivity index (χ0) is 23.8. The first-order valence-corrected chi connectivity index (χ1v) is 11.8. The molecule has 0 aromatic heterocycles. The maximum absolute atomic E-state index is 13.2. The number of hydrogen-bond acceptors (Lipinski definition) is 7. The van der Waals surface area contributed by atoms with Crippen molar-refractivity contribution in [3.05, 3.63) is 42.0 Å². The number of amides is 2. The molecule has 2 heterocycles. The lowest BCUT2D eigenvalue weighted by Crippen LogP contribution is -2.50. The van der Waals surface area contributed by atoms with Crippen LogP contribution in [0.5, 0.6) is 17.2 Å². The normalized spacial score (nSPS) is 18.7. The molecule has 1 atom stereocenters. The van der Waals surface area contributed by atoms with Crippen LogP contribution in [0.25, 0.3) is 0 Å². The molecule has 10 nitrogen and oxygen atoms in total. The van der Waals surface area contributed by atoms with Crippen LogP contribution in [-0.2, 0) is 14.8 Å². The van der Waals surface area contributed by atoms with Crippen molar-refractivity contribution in [1.29, 1.82) is 0 Å². The van der Waals surface area contributed by atoms with Crippen LogP contribution in [0, 0.1) is 0 Å². The van der Waals surface area contributed by atoms with Crippen molar-refractivity contribution < 1.29 is 32.2 Å².